The summed E-state index contributed by atoms with van der Waals surface area (Å²) in [6.45, 7) is 2.36. The van der Waals surface area contributed by atoms with E-state index in [0.717, 1.165) is 16.7 Å². The molecule has 1 N–H and O–H groups in total. The zero-order valence-electron chi connectivity index (χ0n) is 13.2. The summed E-state index contributed by atoms with van der Waals surface area (Å²) in [6, 6.07) is 16.8. The van der Waals surface area contributed by atoms with Crippen molar-refractivity contribution in [3.05, 3.63) is 60.2 Å². The fourth-order valence-electron chi connectivity index (χ4n) is 2.38. The molecule has 0 atom stereocenters. The molecule has 1 heterocycles. The highest BCUT2D eigenvalue weighted by Gasteiger charge is 2.17. The maximum atomic E-state index is 10.8. The molecular weight excluding hydrogens is 306 g/mol. The van der Waals surface area contributed by atoms with Gasteiger partial charge in [-0.25, -0.2) is 4.98 Å². The Kier molecular flexibility index (Phi) is 4.61. The van der Waals surface area contributed by atoms with E-state index in [0.29, 0.717) is 24.1 Å². The molecule has 0 fully saturated rings. The Morgan fingerprint density at radius 3 is 2.42 bits per heavy atom. The summed E-state index contributed by atoms with van der Waals surface area (Å²) in [6.07, 6.45) is -0.00861. The second kappa shape index (κ2) is 7.00. The van der Waals surface area contributed by atoms with E-state index in [2.05, 4.69) is 4.98 Å². The van der Waals surface area contributed by atoms with Crippen LogP contribution in [0.3, 0.4) is 0 Å². The summed E-state index contributed by atoms with van der Waals surface area (Å²) < 4.78 is 11.3. The van der Waals surface area contributed by atoms with E-state index < -0.39 is 5.97 Å². The number of carboxylic acid groups (broad SMARTS) is 1. The van der Waals surface area contributed by atoms with Crippen LogP contribution in [0.5, 0.6) is 5.95 Å². The number of rotatable bonds is 6. The van der Waals surface area contributed by atoms with Crippen LogP contribution in [0.25, 0.3) is 22.7 Å². The SMILES string of the molecule is CCOc1oc(-c2ccc(CC(=O)O)cc2)nc1-c1ccccc1. The fourth-order valence-corrected chi connectivity index (χ4v) is 2.38. The van der Waals surface area contributed by atoms with Gasteiger partial charge in [0.05, 0.1) is 13.0 Å². The van der Waals surface area contributed by atoms with Gasteiger partial charge < -0.3 is 14.3 Å². The standard InChI is InChI=1S/C19H17NO4/c1-2-23-19-17(14-6-4-3-5-7-14)20-18(24-19)15-10-8-13(9-11-15)12-16(21)22/h3-11H,2,12H2,1H3,(H,21,22). The third kappa shape index (κ3) is 3.46. The highest BCUT2D eigenvalue weighted by Crippen LogP contribution is 2.34. The number of benzene rings is 2. The smallest absolute Gasteiger partial charge is 0.313 e. The largest absolute Gasteiger partial charge is 0.481 e. The molecule has 3 aromatic rings. The van der Waals surface area contributed by atoms with Crippen molar-refractivity contribution < 1.29 is 19.1 Å². The van der Waals surface area contributed by atoms with Crippen molar-refractivity contribution in [1.82, 2.24) is 4.98 Å². The number of ether oxygens (including phenoxy) is 1. The van der Waals surface area contributed by atoms with E-state index in [1.165, 1.54) is 0 Å². The van der Waals surface area contributed by atoms with Gasteiger partial charge >= 0.3 is 11.9 Å². The predicted octanol–water partition coefficient (Wildman–Crippen LogP) is 4.03. The third-order valence-corrected chi connectivity index (χ3v) is 3.47. The van der Waals surface area contributed by atoms with Crippen LogP contribution in [0.1, 0.15) is 12.5 Å². The first-order chi connectivity index (χ1) is 11.7. The van der Waals surface area contributed by atoms with Gasteiger partial charge in [0.2, 0.25) is 5.89 Å². The molecule has 0 aliphatic carbocycles. The zero-order chi connectivity index (χ0) is 16.9. The molecule has 0 amide bonds. The first-order valence-electron chi connectivity index (χ1n) is 7.67. The normalized spacial score (nSPS) is 10.5. The molecule has 24 heavy (non-hydrogen) atoms. The van der Waals surface area contributed by atoms with Crippen LogP contribution in [-0.2, 0) is 11.2 Å². The lowest BCUT2D eigenvalue weighted by molar-refractivity contribution is -0.136. The minimum absolute atomic E-state index is 0.00861. The van der Waals surface area contributed by atoms with E-state index >= 15 is 0 Å². The molecule has 2 aromatic carbocycles. The molecule has 0 saturated heterocycles. The third-order valence-electron chi connectivity index (χ3n) is 3.47. The van der Waals surface area contributed by atoms with Crippen LogP contribution >= 0.6 is 0 Å². The van der Waals surface area contributed by atoms with Gasteiger partial charge in [0, 0.05) is 11.1 Å². The number of nitrogens with zero attached hydrogens (tertiary/aromatic N) is 1. The highest BCUT2D eigenvalue weighted by molar-refractivity contribution is 5.71. The molecule has 0 saturated carbocycles. The molecule has 0 spiro atoms. The van der Waals surface area contributed by atoms with Crippen LogP contribution in [0.4, 0.5) is 0 Å². The van der Waals surface area contributed by atoms with Crippen molar-refractivity contribution in [1.29, 1.82) is 0 Å². The van der Waals surface area contributed by atoms with Crippen molar-refractivity contribution in [2.75, 3.05) is 6.61 Å². The van der Waals surface area contributed by atoms with E-state index in [4.69, 9.17) is 14.3 Å². The average Bonchev–Trinajstić information content (AvgIpc) is 3.00. The molecule has 3 rings (SSSR count). The minimum atomic E-state index is -0.858. The Bertz CT molecular complexity index is 822. The van der Waals surface area contributed by atoms with E-state index in [9.17, 15) is 4.79 Å². The monoisotopic (exact) mass is 323 g/mol. The number of carbonyl (C=O) groups is 1. The fraction of sp³-hybridized carbons (Fsp3) is 0.158. The maximum absolute atomic E-state index is 10.8. The molecule has 0 radical (unpaired) electrons. The van der Waals surface area contributed by atoms with E-state index in [1.54, 1.807) is 24.3 Å². The van der Waals surface area contributed by atoms with Crippen molar-refractivity contribution in [2.24, 2.45) is 0 Å². The van der Waals surface area contributed by atoms with E-state index in [-0.39, 0.29) is 6.42 Å². The number of aliphatic carboxylic acids is 1. The molecule has 0 unspecified atom stereocenters. The van der Waals surface area contributed by atoms with Crippen molar-refractivity contribution in [3.8, 4) is 28.7 Å². The van der Waals surface area contributed by atoms with Crippen LogP contribution in [0.2, 0.25) is 0 Å². The summed E-state index contributed by atoms with van der Waals surface area (Å²) in [5.41, 5.74) is 3.07. The number of carboxylic acids is 1. The van der Waals surface area contributed by atoms with Crippen molar-refractivity contribution in [3.63, 3.8) is 0 Å². The Morgan fingerprint density at radius 2 is 1.79 bits per heavy atom. The summed E-state index contributed by atoms with van der Waals surface area (Å²) in [7, 11) is 0. The molecule has 0 bridgehead atoms. The summed E-state index contributed by atoms with van der Waals surface area (Å²) >= 11 is 0. The minimum Gasteiger partial charge on any atom is -0.481 e. The Balaban J connectivity index is 1.95. The number of aromatic nitrogens is 1. The topological polar surface area (TPSA) is 72.6 Å². The van der Waals surface area contributed by atoms with Crippen LogP contribution in [0.15, 0.2) is 59.0 Å². The van der Waals surface area contributed by atoms with Crippen LogP contribution < -0.4 is 4.74 Å². The molecule has 5 nitrogen and oxygen atoms in total. The second-order valence-corrected chi connectivity index (χ2v) is 5.22. The number of hydrogen-bond acceptors (Lipinski definition) is 4. The van der Waals surface area contributed by atoms with Crippen LogP contribution in [0, 0.1) is 0 Å². The predicted molar refractivity (Wildman–Crippen MR) is 89.9 cm³/mol. The Labute approximate surface area is 139 Å². The molecular formula is C19H17NO4. The Morgan fingerprint density at radius 1 is 1.08 bits per heavy atom. The van der Waals surface area contributed by atoms with Gasteiger partial charge in [0.15, 0.2) is 5.69 Å². The lowest BCUT2D eigenvalue weighted by Gasteiger charge is -2.00. The van der Waals surface area contributed by atoms with Crippen LogP contribution in [-0.4, -0.2) is 22.7 Å². The Hall–Kier alpha value is -3.08. The van der Waals surface area contributed by atoms with Gasteiger partial charge in [-0.15, -0.1) is 0 Å². The lowest BCUT2D eigenvalue weighted by atomic mass is 10.1. The molecule has 5 heteroatoms. The maximum Gasteiger partial charge on any atom is 0.313 e. The average molecular weight is 323 g/mol. The molecule has 1 aromatic heterocycles. The van der Waals surface area contributed by atoms with Gasteiger partial charge in [-0.05, 0) is 24.6 Å². The van der Waals surface area contributed by atoms with Crippen molar-refractivity contribution >= 4 is 5.97 Å². The second-order valence-electron chi connectivity index (χ2n) is 5.22. The van der Waals surface area contributed by atoms with E-state index in [1.807, 2.05) is 37.3 Å². The zero-order valence-corrected chi connectivity index (χ0v) is 13.2. The van der Waals surface area contributed by atoms with Gasteiger partial charge in [-0.3, -0.25) is 4.79 Å². The number of hydrogen-bond donors (Lipinski definition) is 1. The summed E-state index contributed by atoms with van der Waals surface area (Å²) in [5, 5.41) is 8.83. The van der Waals surface area contributed by atoms with Gasteiger partial charge in [0.25, 0.3) is 0 Å². The summed E-state index contributed by atoms with van der Waals surface area (Å²) in [5.74, 6) is -0.0311. The quantitative estimate of drug-likeness (QED) is 0.741. The van der Waals surface area contributed by atoms with Gasteiger partial charge in [-0.2, -0.15) is 0 Å². The molecule has 0 aliphatic heterocycles. The first kappa shape index (κ1) is 15.8. The highest BCUT2D eigenvalue weighted by atomic mass is 16.6. The molecule has 0 aliphatic rings. The lowest BCUT2D eigenvalue weighted by Crippen LogP contribution is -1.99. The number of oxazole rings is 1. The van der Waals surface area contributed by atoms with Crippen molar-refractivity contribution in [2.45, 2.75) is 13.3 Å². The summed E-state index contributed by atoms with van der Waals surface area (Å²) in [4.78, 5) is 15.3. The van der Waals surface area contributed by atoms with Gasteiger partial charge in [-0.1, -0.05) is 42.5 Å². The molecule has 122 valence electrons. The van der Waals surface area contributed by atoms with Gasteiger partial charge in [0.1, 0.15) is 0 Å². The first-order valence-corrected chi connectivity index (χ1v) is 7.67.